The summed E-state index contributed by atoms with van der Waals surface area (Å²) >= 11 is -0.281. The molecule has 0 bridgehead atoms. The molecule has 0 aliphatic rings. The Morgan fingerprint density at radius 2 is 1.38 bits per heavy atom. The van der Waals surface area contributed by atoms with Crippen LogP contribution in [0.25, 0.3) is 0 Å². The first kappa shape index (κ1) is 13.2. The van der Waals surface area contributed by atoms with E-state index in [0.29, 0.717) is 0 Å². The van der Waals surface area contributed by atoms with Crippen LogP contribution in [0.2, 0.25) is 0 Å². The van der Waals surface area contributed by atoms with E-state index < -0.39 is 17.2 Å². The van der Waals surface area contributed by atoms with E-state index in [0.717, 1.165) is 24.3 Å². The summed E-state index contributed by atoms with van der Waals surface area (Å²) in [7, 11) is 0. The molecule has 90 valence electrons. The number of hydrogen-bond donors (Lipinski definition) is 0. The molecule has 0 radical (unpaired) electrons. The number of rotatable bonds is 2. The fraction of sp³-hybridized carbons (Fsp3) is 0.333. The van der Waals surface area contributed by atoms with Crippen LogP contribution in [-0.2, 0) is 11.9 Å². The maximum atomic E-state index is 12.1. The van der Waals surface area contributed by atoms with Gasteiger partial charge in [0.25, 0.3) is 0 Å². The second-order valence-electron chi connectivity index (χ2n) is 2.93. The summed E-state index contributed by atoms with van der Waals surface area (Å²) in [5.41, 5.74) is -5.04. The third-order valence-corrected chi connectivity index (χ3v) is 2.49. The van der Waals surface area contributed by atoms with Crippen molar-refractivity contribution >= 4 is 11.8 Å². The number of alkyl halides is 6. The van der Waals surface area contributed by atoms with Gasteiger partial charge in [-0.2, -0.15) is 26.3 Å². The molecule has 1 aromatic carbocycles. The van der Waals surface area contributed by atoms with Gasteiger partial charge in [0, 0.05) is 5.75 Å². The van der Waals surface area contributed by atoms with E-state index in [1.165, 1.54) is 0 Å². The van der Waals surface area contributed by atoms with Gasteiger partial charge >= 0.3 is 11.7 Å². The summed E-state index contributed by atoms with van der Waals surface area (Å²) in [5, 5.41) is 0. The van der Waals surface area contributed by atoms with E-state index in [1.807, 2.05) is 0 Å². The lowest BCUT2D eigenvalue weighted by atomic mass is 10.1. The molecule has 0 nitrogen and oxygen atoms in total. The molecule has 0 aliphatic heterocycles. The van der Waals surface area contributed by atoms with Crippen molar-refractivity contribution in [2.75, 3.05) is 0 Å². The molecule has 7 heteroatoms. The Balaban J connectivity index is 2.66. The topological polar surface area (TPSA) is 0 Å². The van der Waals surface area contributed by atoms with Crippen LogP contribution in [0.1, 0.15) is 11.1 Å². The van der Waals surface area contributed by atoms with Crippen molar-refractivity contribution in [2.45, 2.75) is 17.4 Å². The maximum Gasteiger partial charge on any atom is 0.442 e. The third kappa shape index (κ3) is 4.34. The molecule has 0 unspecified atom stereocenters. The van der Waals surface area contributed by atoms with E-state index in [9.17, 15) is 26.3 Å². The lowest BCUT2D eigenvalue weighted by Crippen LogP contribution is -2.05. The highest BCUT2D eigenvalue weighted by molar-refractivity contribution is 7.99. The van der Waals surface area contributed by atoms with Gasteiger partial charge in [0.05, 0.1) is 5.56 Å². The molecule has 16 heavy (non-hydrogen) atoms. The minimum absolute atomic E-state index is 0.204. The molecule has 0 saturated carbocycles. The van der Waals surface area contributed by atoms with Crippen molar-refractivity contribution in [2.24, 2.45) is 0 Å². The lowest BCUT2D eigenvalue weighted by Gasteiger charge is -2.08. The summed E-state index contributed by atoms with van der Waals surface area (Å²) in [5.74, 6) is -0.387. The largest absolute Gasteiger partial charge is 0.442 e. The van der Waals surface area contributed by atoms with E-state index in [2.05, 4.69) is 0 Å². The predicted molar refractivity (Wildman–Crippen MR) is 48.8 cm³/mol. The zero-order valence-electron chi connectivity index (χ0n) is 7.69. The standard InChI is InChI=1S/C9H6F6S/c10-8(11,12)7-3-1-6(2-4-7)5-16-9(13,14)15/h1-4H,5H2. The molecule has 0 amide bonds. The van der Waals surface area contributed by atoms with Gasteiger partial charge < -0.3 is 0 Å². The van der Waals surface area contributed by atoms with Crippen LogP contribution in [0.4, 0.5) is 26.3 Å². The summed E-state index contributed by atoms with van der Waals surface area (Å²) in [6.07, 6.45) is -4.46. The smallest absolute Gasteiger partial charge is 0.166 e. The quantitative estimate of drug-likeness (QED) is 0.707. The molecule has 0 spiro atoms. The molecule has 0 aliphatic carbocycles. The summed E-state index contributed by atoms with van der Waals surface area (Å²) in [6, 6.07) is 3.63. The van der Waals surface area contributed by atoms with Gasteiger partial charge in [0.15, 0.2) is 0 Å². The third-order valence-electron chi connectivity index (χ3n) is 1.68. The van der Waals surface area contributed by atoms with Crippen molar-refractivity contribution in [1.82, 2.24) is 0 Å². The van der Waals surface area contributed by atoms with Crippen LogP contribution in [-0.4, -0.2) is 5.51 Å². The van der Waals surface area contributed by atoms with Crippen molar-refractivity contribution in [3.63, 3.8) is 0 Å². The fourth-order valence-corrected chi connectivity index (χ4v) is 1.48. The molecule has 0 atom stereocenters. The SMILES string of the molecule is FC(F)(F)SCc1ccc(C(F)(F)F)cc1. The normalized spacial score (nSPS) is 12.9. The van der Waals surface area contributed by atoms with Gasteiger partial charge in [-0.05, 0) is 29.5 Å². The monoisotopic (exact) mass is 260 g/mol. The highest BCUT2D eigenvalue weighted by atomic mass is 32.2. The minimum Gasteiger partial charge on any atom is -0.166 e. The number of thioether (sulfide) groups is 1. The van der Waals surface area contributed by atoms with E-state index >= 15 is 0 Å². The first-order valence-electron chi connectivity index (χ1n) is 4.05. The molecule has 0 N–H and O–H groups in total. The van der Waals surface area contributed by atoms with Gasteiger partial charge in [0.2, 0.25) is 0 Å². The predicted octanol–water partition coefficient (Wildman–Crippen LogP) is 4.46. The Bertz CT molecular complexity index is 337. The van der Waals surface area contributed by atoms with Crippen LogP contribution in [0.3, 0.4) is 0 Å². The number of hydrogen-bond acceptors (Lipinski definition) is 1. The summed E-state index contributed by atoms with van der Waals surface area (Å²) in [6.45, 7) is 0. The van der Waals surface area contributed by atoms with Crippen molar-refractivity contribution in [1.29, 1.82) is 0 Å². The Morgan fingerprint density at radius 1 is 0.875 bits per heavy atom. The summed E-state index contributed by atoms with van der Waals surface area (Å²) in [4.78, 5) is 0. The Hall–Kier alpha value is -0.850. The molecule has 1 aromatic rings. The molecule has 0 heterocycles. The van der Waals surface area contributed by atoms with Crippen molar-refractivity contribution in [3.05, 3.63) is 35.4 Å². The highest BCUT2D eigenvalue weighted by Gasteiger charge is 2.30. The van der Waals surface area contributed by atoms with Gasteiger partial charge in [-0.25, -0.2) is 0 Å². The molecule has 0 saturated heterocycles. The Kier molecular flexibility index (Phi) is 3.77. The van der Waals surface area contributed by atoms with Gasteiger partial charge in [-0.15, -0.1) is 0 Å². The van der Waals surface area contributed by atoms with Crippen LogP contribution < -0.4 is 0 Å². The van der Waals surface area contributed by atoms with Crippen LogP contribution in [0, 0.1) is 0 Å². The van der Waals surface area contributed by atoms with Crippen LogP contribution in [0.5, 0.6) is 0 Å². The zero-order valence-corrected chi connectivity index (χ0v) is 8.51. The average Bonchev–Trinajstić information content (AvgIpc) is 2.13. The van der Waals surface area contributed by atoms with Crippen molar-refractivity contribution < 1.29 is 26.3 Å². The first-order valence-corrected chi connectivity index (χ1v) is 5.04. The Labute approximate surface area is 91.6 Å². The van der Waals surface area contributed by atoms with Gasteiger partial charge in [-0.3, -0.25) is 0 Å². The lowest BCUT2D eigenvalue weighted by molar-refractivity contribution is -0.137. The van der Waals surface area contributed by atoms with Crippen LogP contribution in [0.15, 0.2) is 24.3 Å². The molecule has 0 fully saturated rings. The highest BCUT2D eigenvalue weighted by Crippen LogP contribution is 2.34. The minimum atomic E-state index is -4.46. The number of benzene rings is 1. The molecular weight excluding hydrogens is 254 g/mol. The molecule has 0 aromatic heterocycles. The first-order chi connectivity index (χ1) is 7.18. The van der Waals surface area contributed by atoms with Crippen LogP contribution >= 0.6 is 11.8 Å². The van der Waals surface area contributed by atoms with E-state index in [1.54, 1.807) is 0 Å². The second kappa shape index (κ2) is 4.57. The summed E-state index contributed by atoms with van der Waals surface area (Å²) < 4.78 is 71.7. The maximum absolute atomic E-state index is 12.1. The van der Waals surface area contributed by atoms with E-state index in [4.69, 9.17) is 0 Å². The van der Waals surface area contributed by atoms with Gasteiger partial charge in [-0.1, -0.05) is 12.1 Å². The van der Waals surface area contributed by atoms with Crippen molar-refractivity contribution in [3.8, 4) is 0 Å². The zero-order chi connectivity index (χ0) is 12.4. The molecule has 1 rings (SSSR count). The van der Waals surface area contributed by atoms with Gasteiger partial charge in [0.1, 0.15) is 0 Å². The second-order valence-corrected chi connectivity index (χ2v) is 3.97. The average molecular weight is 260 g/mol. The fourth-order valence-electron chi connectivity index (χ4n) is 0.955. The van der Waals surface area contributed by atoms with E-state index in [-0.39, 0.29) is 23.1 Å². The Morgan fingerprint density at radius 3 is 1.75 bits per heavy atom. The molecular formula is C9H6F6S. The number of halogens is 6.